The smallest absolute Gasteiger partial charge is 0.154 e. The van der Waals surface area contributed by atoms with Crippen LogP contribution in [0, 0.1) is 0 Å². The van der Waals surface area contributed by atoms with Gasteiger partial charge in [0.15, 0.2) is 5.84 Å². The van der Waals surface area contributed by atoms with Crippen LogP contribution in [0.4, 0.5) is 4.39 Å². The first-order valence-corrected chi connectivity index (χ1v) is 5.36. The van der Waals surface area contributed by atoms with Crippen LogP contribution in [0.5, 0.6) is 0 Å². The van der Waals surface area contributed by atoms with Gasteiger partial charge in [-0.2, -0.15) is 0 Å². The summed E-state index contributed by atoms with van der Waals surface area (Å²) >= 11 is 0. The standard InChI is InChI=1S/C14H19FN2/c1-6-8-9-13(11(3)12(4)15)14(16-5)17-10-7-2/h6-10,12H,2-3H2,1,4-5H3/b8-6-,13-9+,16-14?,17-10?. The van der Waals surface area contributed by atoms with E-state index in [1.807, 2.05) is 13.0 Å². The lowest BCUT2D eigenvalue weighted by atomic mass is 10.0. The molecule has 0 amide bonds. The molecule has 92 valence electrons. The second-order valence-electron chi connectivity index (χ2n) is 3.31. The molecule has 2 nitrogen and oxygen atoms in total. The summed E-state index contributed by atoms with van der Waals surface area (Å²) < 4.78 is 13.3. The first-order valence-electron chi connectivity index (χ1n) is 5.36. The van der Waals surface area contributed by atoms with Gasteiger partial charge in [-0.3, -0.25) is 4.99 Å². The van der Waals surface area contributed by atoms with E-state index in [0.717, 1.165) is 0 Å². The highest BCUT2D eigenvalue weighted by Crippen LogP contribution is 2.17. The molecule has 0 bridgehead atoms. The Hall–Kier alpha value is -1.77. The summed E-state index contributed by atoms with van der Waals surface area (Å²) in [7, 11) is 1.61. The van der Waals surface area contributed by atoms with E-state index >= 15 is 0 Å². The molecule has 0 aromatic heterocycles. The fraction of sp³-hybridized carbons (Fsp3) is 0.286. The second kappa shape index (κ2) is 8.39. The maximum Gasteiger partial charge on any atom is 0.154 e. The van der Waals surface area contributed by atoms with E-state index in [1.54, 1.807) is 25.3 Å². The SMILES string of the molecule is C=CC=NC(=NC)/C(=C/C=C\C)C(=C)C(C)F. The third-order valence-electron chi connectivity index (χ3n) is 2.04. The molecule has 0 radical (unpaired) electrons. The number of aliphatic imine (C=N–C) groups is 2. The third-order valence-corrected chi connectivity index (χ3v) is 2.04. The number of hydrogen-bond donors (Lipinski definition) is 0. The van der Waals surface area contributed by atoms with Crippen LogP contribution < -0.4 is 0 Å². The molecule has 0 spiro atoms. The van der Waals surface area contributed by atoms with Crippen molar-refractivity contribution in [3.63, 3.8) is 0 Å². The number of rotatable bonds is 5. The first kappa shape index (κ1) is 15.2. The number of alkyl halides is 1. The predicted molar refractivity (Wildman–Crippen MR) is 74.7 cm³/mol. The Morgan fingerprint density at radius 1 is 1.41 bits per heavy atom. The molecule has 3 heteroatoms. The Bertz CT molecular complexity index is 385. The van der Waals surface area contributed by atoms with Crippen molar-refractivity contribution in [3.8, 4) is 0 Å². The molecule has 17 heavy (non-hydrogen) atoms. The van der Waals surface area contributed by atoms with Crippen LogP contribution in [0.15, 0.2) is 58.6 Å². The molecule has 1 unspecified atom stereocenters. The number of nitrogens with zero attached hydrogens (tertiary/aromatic N) is 2. The van der Waals surface area contributed by atoms with Crippen LogP contribution in [0.2, 0.25) is 0 Å². The molecule has 0 fully saturated rings. The lowest BCUT2D eigenvalue weighted by molar-refractivity contribution is 0.417. The third kappa shape index (κ3) is 5.20. The summed E-state index contributed by atoms with van der Waals surface area (Å²) in [4.78, 5) is 8.12. The van der Waals surface area contributed by atoms with E-state index in [4.69, 9.17) is 0 Å². The molecule has 0 aromatic rings. The van der Waals surface area contributed by atoms with Crippen molar-refractivity contribution in [1.82, 2.24) is 0 Å². The van der Waals surface area contributed by atoms with Gasteiger partial charge in [0.05, 0.1) is 0 Å². The van der Waals surface area contributed by atoms with Gasteiger partial charge in [-0.15, -0.1) is 0 Å². The molecule has 0 N–H and O–H groups in total. The summed E-state index contributed by atoms with van der Waals surface area (Å²) in [5.74, 6) is 0.442. The van der Waals surface area contributed by atoms with Crippen molar-refractivity contribution in [3.05, 3.63) is 48.6 Å². The van der Waals surface area contributed by atoms with E-state index in [0.29, 0.717) is 17.0 Å². The number of amidine groups is 1. The molecule has 0 aliphatic rings. The molecule has 0 aliphatic heterocycles. The highest BCUT2D eigenvalue weighted by Gasteiger charge is 2.13. The molecule has 0 aromatic carbocycles. The van der Waals surface area contributed by atoms with Crippen molar-refractivity contribution in [2.24, 2.45) is 9.98 Å². The number of halogens is 1. The quantitative estimate of drug-likeness (QED) is 0.394. The minimum absolute atomic E-state index is 0.366. The topological polar surface area (TPSA) is 24.7 Å². The van der Waals surface area contributed by atoms with Crippen molar-refractivity contribution in [1.29, 1.82) is 0 Å². The Morgan fingerprint density at radius 3 is 2.47 bits per heavy atom. The van der Waals surface area contributed by atoms with Crippen molar-refractivity contribution in [2.75, 3.05) is 7.05 Å². The van der Waals surface area contributed by atoms with Crippen LogP contribution in [-0.2, 0) is 0 Å². The van der Waals surface area contributed by atoms with Crippen LogP contribution in [-0.4, -0.2) is 25.3 Å². The lowest BCUT2D eigenvalue weighted by Gasteiger charge is -2.10. The number of allylic oxidation sites excluding steroid dienone is 4. The molecule has 0 rings (SSSR count). The fourth-order valence-corrected chi connectivity index (χ4v) is 1.10. The zero-order valence-corrected chi connectivity index (χ0v) is 10.7. The zero-order valence-electron chi connectivity index (χ0n) is 10.7. The molecule has 0 saturated carbocycles. The van der Waals surface area contributed by atoms with Gasteiger partial charge in [0, 0.05) is 18.8 Å². The first-order chi connectivity index (χ1) is 8.08. The van der Waals surface area contributed by atoms with Crippen LogP contribution >= 0.6 is 0 Å². The summed E-state index contributed by atoms with van der Waals surface area (Å²) in [6.45, 7) is 10.6. The Kier molecular flexibility index (Phi) is 7.52. The molecular weight excluding hydrogens is 215 g/mol. The van der Waals surface area contributed by atoms with Crippen molar-refractivity contribution < 1.29 is 4.39 Å². The summed E-state index contributed by atoms with van der Waals surface area (Å²) in [5, 5.41) is 0. The molecule has 0 heterocycles. The molecule has 0 aliphatic carbocycles. The van der Waals surface area contributed by atoms with Gasteiger partial charge in [0.1, 0.15) is 6.17 Å². The van der Waals surface area contributed by atoms with Gasteiger partial charge in [0.25, 0.3) is 0 Å². The van der Waals surface area contributed by atoms with Gasteiger partial charge in [-0.1, -0.05) is 37.5 Å². The van der Waals surface area contributed by atoms with E-state index < -0.39 is 6.17 Å². The lowest BCUT2D eigenvalue weighted by Crippen LogP contribution is -2.09. The minimum atomic E-state index is -1.14. The fourth-order valence-electron chi connectivity index (χ4n) is 1.10. The van der Waals surface area contributed by atoms with Crippen molar-refractivity contribution >= 4 is 12.1 Å². The van der Waals surface area contributed by atoms with E-state index in [9.17, 15) is 4.39 Å². The monoisotopic (exact) mass is 234 g/mol. The Balaban J connectivity index is 5.38. The summed E-state index contributed by atoms with van der Waals surface area (Å²) in [6, 6.07) is 0. The van der Waals surface area contributed by atoms with Crippen LogP contribution in [0.3, 0.4) is 0 Å². The average molecular weight is 234 g/mol. The van der Waals surface area contributed by atoms with Gasteiger partial charge in [-0.25, -0.2) is 9.38 Å². The number of hydrogen-bond acceptors (Lipinski definition) is 1. The van der Waals surface area contributed by atoms with E-state index in [-0.39, 0.29) is 0 Å². The normalized spacial score (nSPS) is 15.5. The summed E-state index contributed by atoms with van der Waals surface area (Å²) in [6.07, 6.45) is 7.32. The largest absolute Gasteiger partial charge is 0.270 e. The predicted octanol–water partition coefficient (Wildman–Crippen LogP) is 3.69. The minimum Gasteiger partial charge on any atom is -0.270 e. The summed E-state index contributed by atoms with van der Waals surface area (Å²) in [5.41, 5.74) is 0.962. The molecule has 1 atom stereocenters. The van der Waals surface area contributed by atoms with Gasteiger partial charge in [-0.05, 0) is 19.4 Å². The van der Waals surface area contributed by atoms with Crippen molar-refractivity contribution in [2.45, 2.75) is 20.0 Å². The Labute approximate surface area is 103 Å². The van der Waals surface area contributed by atoms with Crippen LogP contribution in [0.1, 0.15) is 13.8 Å². The molecular formula is C14H19FN2. The van der Waals surface area contributed by atoms with E-state index in [2.05, 4.69) is 23.1 Å². The highest BCUT2D eigenvalue weighted by molar-refractivity contribution is 6.07. The maximum absolute atomic E-state index is 13.3. The molecule has 0 saturated heterocycles. The zero-order chi connectivity index (χ0) is 13.3. The van der Waals surface area contributed by atoms with Gasteiger partial charge >= 0.3 is 0 Å². The highest BCUT2D eigenvalue weighted by atomic mass is 19.1. The average Bonchev–Trinajstić information content (AvgIpc) is 2.32. The van der Waals surface area contributed by atoms with Gasteiger partial charge in [0.2, 0.25) is 0 Å². The van der Waals surface area contributed by atoms with E-state index in [1.165, 1.54) is 13.1 Å². The maximum atomic E-state index is 13.3. The Morgan fingerprint density at radius 2 is 2.06 bits per heavy atom. The second-order valence-corrected chi connectivity index (χ2v) is 3.31. The van der Waals surface area contributed by atoms with Gasteiger partial charge < -0.3 is 0 Å². The van der Waals surface area contributed by atoms with Crippen LogP contribution in [0.25, 0.3) is 0 Å².